The molecule has 1 N–H and O–H groups in total. The zero-order chi connectivity index (χ0) is 12.1. The molecule has 90 valence electrons. The quantitative estimate of drug-likeness (QED) is 0.834. The lowest BCUT2D eigenvalue weighted by molar-refractivity contribution is 0.158. The molecule has 1 atom stereocenters. The Morgan fingerprint density at radius 1 is 1.31 bits per heavy atom. The molecule has 0 aromatic heterocycles. The molecule has 1 aromatic rings. The average molecular weight is 226 g/mol. The van der Waals surface area contributed by atoms with Gasteiger partial charge in [0.25, 0.3) is 0 Å². The Kier molecular flexibility index (Phi) is 4.74. The van der Waals surface area contributed by atoms with Crippen molar-refractivity contribution in [3.05, 3.63) is 29.6 Å². The zero-order valence-corrected chi connectivity index (χ0v) is 10.0. The average Bonchev–Trinajstić information content (AvgIpc) is 2.26. The van der Waals surface area contributed by atoms with Crippen LogP contribution in [-0.2, 0) is 0 Å². The molecule has 0 aliphatic heterocycles. The first-order valence-corrected chi connectivity index (χ1v) is 5.56. The fourth-order valence-corrected chi connectivity index (χ4v) is 1.54. The molecule has 0 heterocycles. The van der Waals surface area contributed by atoms with Gasteiger partial charge in [0.05, 0.1) is 13.2 Å². The van der Waals surface area contributed by atoms with E-state index in [4.69, 9.17) is 4.74 Å². The highest BCUT2D eigenvalue weighted by Crippen LogP contribution is 2.26. The number of methoxy groups -OCH3 is 1. The fraction of sp³-hybridized carbons (Fsp3) is 0.538. The van der Waals surface area contributed by atoms with Crippen molar-refractivity contribution >= 4 is 0 Å². The van der Waals surface area contributed by atoms with Gasteiger partial charge >= 0.3 is 0 Å². The summed E-state index contributed by atoms with van der Waals surface area (Å²) in [5.74, 6) is 0.334. The number of hydrogen-bond donors (Lipinski definition) is 1. The highest BCUT2D eigenvalue weighted by atomic mass is 19.1. The molecule has 0 aliphatic carbocycles. The van der Waals surface area contributed by atoms with E-state index < -0.39 is 11.9 Å². The van der Waals surface area contributed by atoms with Crippen molar-refractivity contribution in [3.63, 3.8) is 0 Å². The van der Waals surface area contributed by atoms with Crippen molar-refractivity contribution in [3.8, 4) is 5.75 Å². The summed E-state index contributed by atoms with van der Waals surface area (Å²) in [5, 5.41) is 9.90. The smallest absolute Gasteiger partial charge is 0.165 e. The van der Waals surface area contributed by atoms with E-state index in [1.165, 1.54) is 13.2 Å². The molecule has 3 heteroatoms. The second-order valence-corrected chi connectivity index (χ2v) is 4.38. The molecule has 0 aliphatic rings. The van der Waals surface area contributed by atoms with Crippen LogP contribution in [0.3, 0.4) is 0 Å². The summed E-state index contributed by atoms with van der Waals surface area (Å²) in [6.45, 7) is 4.22. The predicted molar refractivity (Wildman–Crippen MR) is 62.0 cm³/mol. The van der Waals surface area contributed by atoms with Crippen molar-refractivity contribution in [2.24, 2.45) is 5.92 Å². The minimum atomic E-state index is -0.545. The Morgan fingerprint density at radius 2 is 2.00 bits per heavy atom. The zero-order valence-electron chi connectivity index (χ0n) is 10.0. The number of halogens is 1. The van der Waals surface area contributed by atoms with Crippen molar-refractivity contribution in [2.75, 3.05) is 7.11 Å². The molecule has 1 unspecified atom stereocenters. The summed E-state index contributed by atoms with van der Waals surface area (Å²) in [6, 6.07) is 4.48. The van der Waals surface area contributed by atoms with Crippen molar-refractivity contribution in [1.29, 1.82) is 0 Å². The van der Waals surface area contributed by atoms with E-state index in [0.717, 1.165) is 6.42 Å². The SMILES string of the molecule is COc1cc(C(O)CCC(C)C)ccc1F. The Bertz CT molecular complexity index is 337. The minimum Gasteiger partial charge on any atom is -0.494 e. The summed E-state index contributed by atoms with van der Waals surface area (Å²) < 4.78 is 18.0. The molecule has 0 saturated carbocycles. The Morgan fingerprint density at radius 3 is 2.56 bits per heavy atom. The summed E-state index contributed by atoms with van der Waals surface area (Å²) >= 11 is 0. The molecule has 0 radical (unpaired) electrons. The second kappa shape index (κ2) is 5.85. The monoisotopic (exact) mass is 226 g/mol. The lowest BCUT2D eigenvalue weighted by Gasteiger charge is -2.13. The molecule has 16 heavy (non-hydrogen) atoms. The molecule has 0 fully saturated rings. The summed E-state index contributed by atoms with van der Waals surface area (Å²) in [6.07, 6.45) is 1.09. The van der Waals surface area contributed by atoms with Gasteiger partial charge in [-0.05, 0) is 36.5 Å². The molecule has 1 aromatic carbocycles. The van der Waals surface area contributed by atoms with Crippen molar-refractivity contribution < 1.29 is 14.2 Å². The predicted octanol–water partition coefficient (Wildman–Crippen LogP) is 3.30. The topological polar surface area (TPSA) is 29.5 Å². The van der Waals surface area contributed by atoms with Gasteiger partial charge in [0.2, 0.25) is 0 Å². The van der Waals surface area contributed by atoms with Crippen molar-refractivity contribution in [2.45, 2.75) is 32.8 Å². The summed E-state index contributed by atoms with van der Waals surface area (Å²) in [7, 11) is 1.42. The highest BCUT2D eigenvalue weighted by molar-refractivity contribution is 5.31. The van der Waals surface area contributed by atoms with Gasteiger partial charge in [-0.25, -0.2) is 4.39 Å². The van der Waals surface area contributed by atoms with Crippen LogP contribution in [0.15, 0.2) is 18.2 Å². The molecular weight excluding hydrogens is 207 g/mol. The molecule has 0 bridgehead atoms. The van der Waals surface area contributed by atoms with Crippen LogP contribution in [0.2, 0.25) is 0 Å². The van der Waals surface area contributed by atoms with Gasteiger partial charge < -0.3 is 9.84 Å². The van der Waals surface area contributed by atoms with Gasteiger partial charge in [-0.3, -0.25) is 0 Å². The maximum atomic E-state index is 13.1. The maximum Gasteiger partial charge on any atom is 0.165 e. The summed E-state index contributed by atoms with van der Waals surface area (Å²) in [4.78, 5) is 0. The first-order valence-electron chi connectivity index (χ1n) is 5.56. The Labute approximate surface area is 96.1 Å². The van der Waals surface area contributed by atoms with Crippen LogP contribution in [0.25, 0.3) is 0 Å². The minimum absolute atomic E-state index is 0.182. The van der Waals surface area contributed by atoms with Crippen LogP contribution in [0.1, 0.15) is 38.4 Å². The van der Waals surface area contributed by atoms with Crippen LogP contribution in [-0.4, -0.2) is 12.2 Å². The Balaban J connectivity index is 2.72. The lowest BCUT2D eigenvalue weighted by atomic mass is 10.00. The standard InChI is InChI=1S/C13H19FO2/c1-9(2)4-7-12(15)10-5-6-11(14)13(8-10)16-3/h5-6,8-9,12,15H,4,7H2,1-3H3. The van der Waals surface area contributed by atoms with Crippen LogP contribution < -0.4 is 4.74 Å². The first-order chi connectivity index (χ1) is 7.54. The third-order valence-corrected chi connectivity index (χ3v) is 2.58. The third kappa shape index (κ3) is 3.49. The number of aliphatic hydroxyl groups excluding tert-OH is 1. The van der Waals surface area contributed by atoms with Crippen molar-refractivity contribution in [1.82, 2.24) is 0 Å². The molecule has 0 amide bonds. The van der Waals surface area contributed by atoms with Crippen LogP contribution in [0, 0.1) is 11.7 Å². The van der Waals surface area contributed by atoms with Gasteiger partial charge in [0.1, 0.15) is 0 Å². The van der Waals surface area contributed by atoms with Crippen LogP contribution >= 0.6 is 0 Å². The van der Waals surface area contributed by atoms with Crippen LogP contribution in [0.4, 0.5) is 4.39 Å². The fourth-order valence-electron chi connectivity index (χ4n) is 1.54. The molecular formula is C13H19FO2. The van der Waals surface area contributed by atoms with Gasteiger partial charge in [-0.15, -0.1) is 0 Å². The molecule has 2 nitrogen and oxygen atoms in total. The van der Waals surface area contributed by atoms with Gasteiger partial charge in [-0.2, -0.15) is 0 Å². The van der Waals surface area contributed by atoms with Gasteiger partial charge in [-0.1, -0.05) is 19.9 Å². The highest BCUT2D eigenvalue weighted by Gasteiger charge is 2.11. The van der Waals surface area contributed by atoms with E-state index in [1.807, 2.05) is 0 Å². The number of benzene rings is 1. The van der Waals surface area contributed by atoms with Crippen LogP contribution in [0.5, 0.6) is 5.75 Å². The Hall–Kier alpha value is -1.09. The number of ether oxygens (including phenoxy) is 1. The second-order valence-electron chi connectivity index (χ2n) is 4.38. The first kappa shape index (κ1) is 13.0. The van der Waals surface area contributed by atoms with E-state index in [9.17, 15) is 9.50 Å². The lowest BCUT2D eigenvalue weighted by Crippen LogP contribution is -2.01. The van der Waals surface area contributed by atoms with Gasteiger partial charge in [0, 0.05) is 0 Å². The summed E-state index contributed by atoms with van der Waals surface area (Å²) in [5.41, 5.74) is 0.707. The van der Waals surface area contributed by atoms with Gasteiger partial charge in [0.15, 0.2) is 11.6 Å². The van der Waals surface area contributed by atoms with E-state index in [2.05, 4.69) is 13.8 Å². The van der Waals surface area contributed by atoms with E-state index in [1.54, 1.807) is 12.1 Å². The number of rotatable bonds is 5. The van der Waals surface area contributed by atoms with E-state index in [-0.39, 0.29) is 5.75 Å². The maximum absolute atomic E-state index is 13.1. The van der Waals surface area contributed by atoms with E-state index >= 15 is 0 Å². The normalized spacial score (nSPS) is 12.9. The molecule has 0 saturated heterocycles. The molecule has 0 spiro atoms. The largest absolute Gasteiger partial charge is 0.494 e. The third-order valence-electron chi connectivity index (χ3n) is 2.58. The van der Waals surface area contributed by atoms with E-state index in [0.29, 0.717) is 17.9 Å². The number of hydrogen-bond acceptors (Lipinski definition) is 2. The number of aliphatic hydroxyl groups is 1. The molecule has 1 rings (SSSR count).